The Kier molecular flexibility index (Phi) is 7.13. The van der Waals surface area contributed by atoms with E-state index in [-0.39, 0.29) is 12.2 Å². The second kappa shape index (κ2) is 9.54. The maximum atomic E-state index is 13.5. The Labute approximate surface area is 157 Å². The highest BCUT2D eigenvalue weighted by atomic mass is 19.1. The highest BCUT2D eigenvalue weighted by Crippen LogP contribution is 2.27. The molecule has 0 spiro atoms. The van der Waals surface area contributed by atoms with E-state index in [9.17, 15) is 14.0 Å². The van der Waals surface area contributed by atoms with E-state index in [4.69, 9.17) is 9.47 Å². The molecule has 2 aromatic carbocycles. The van der Waals surface area contributed by atoms with Gasteiger partial charge in [-0.25, -0.2) is 9.18 Å². The van der Waals surface area contributed by atoms with Crippen molar-refractivity contribution in [2.24, 2.45) is 0 Å². The Bertz CT molecular complexity index is 813. The highest BCUT2D eigenvalue weighted by Gasteiger charge is 2.13. The molecule has 0 saturated heterocycles. The first-order valence-electron chi connectivity index (χ1n) is 8.17. The molecule has 0 bridgehead atoms. The lowest BCUT2D eigenvalue weighted by Crippen LogP contribution is -2.40. The van der Waals surface area contributed by atoms with Gasteiger partial charge in [-0.2, -0.15) is 0 Å². The number of hydrogen-bond acceptors (Lipinski definition) is 5. The summed E-state index contributed by atoms with van der Waals surface area (Å²) in [7, 11) is 4.85. The van der Waals surface area contributed by atoms with Gasteiger partial charge >= 0.3 is 6.03 Å². The molecular formula is C19H22FN3O4. The van der Waals surface area contributed by atoms with E-state index < -0.39 is 17.8 Å². The van der Waals surface area contributed by atoms with Gasteiger partial charge in [0.05, 0.1) is 26.5 Å². The molecule has 0 radical (unpaired) electrons. The summed E-state index contributed by atoms with van der Waals surface area (Å²) in [5.74, 6) is 0.126. The lowest BCUT2D eigenvalue weighted by molar-refractivity contribution is -0.120. The minimum absolute atomic E-state index is 0.00137. The molecule has 2 rings (SSSR count). The molecule has 3 amide bonds. The largest absolute Gasteiger partial charge is 0.493 e. The number of amides is 3. The number of rotatable bonds is 7. The molecule has 0 atom stereocenters. The maximum absolute atomic E-state index is 13.5. The quantitative estimate of drug-likeness (QED) is 0.778. The van der Waals surface area contributed by atoms with Crippen molar-refractivity contribution in [3.8, 4) is 11.5 Å². The van der Waals surface area contributed by atoms with Gasteiger partial charge in [-0.1, -0.05) is 18.2 Å². The van der Waals surface area contributed by atoms with Crippen LogP contribution < -0.4 is 20.1 Å². The Morgan fingerprint density at radius 1 is 1.07 bits per heavy atom. The van der Waals surface area contributed by atoms with Crippen molar-refractivity contribution < 1.29 is 23.5 Å². The summed E-state index contributed by atoms with van der Waals surface area (Å²) < 4.78 is 23.9. The molecule has 0 aliphatic carbocycles. The molecule has 0 aliphatic rings. The van der Waals surface area contributed by atoms with Gasteiger partial charge in [0.1, 0.15) is 5.82 Å². The number of imide groups is 1. The summed E-state index contributed by atoms with van der Waals surface area (Å²) in [4.78, 5) is 25.5. The van der Waals surface area contributed by atoms with Gasteiger partial charge in [0.25, 0.3) is 0 Å². The first-order chi connectivity index (χ1) is 12.9. The third-order valence-electron chi connectivity index (χ3n) is 3.69. The van der Waals surface area contributed by atoms with Crippen LogP contribution in [0.5, 0.6) is 11.5 Å². The number of anilines is 1. The molecule has 7 nitrogen and oxygen atoms in total. The number of nitrogens with one attached hydrogen (secondary N) is 2. The second-order valence-corrected chi connectivity index (χ2v) is 5.84. The molecule has 0 aromatic heterocycles. The monoisotopic (exact) mass is 375 g/mol. The fourth-order valence-corrected chi connectivity index (χ4v) is 2.47. The van der Waals surface area contributed by atoms with Crippen LogP contribution in [0.3, 0.4) is 0 Å². The van der Waals surface area contributed by atoms with Crippen LogP contribution in [0.1, 0.15) is 5.56 Å². The number of para-hydroxylation sites is 1. The second-order valence-electron chi connectivity index (χ2n) is 5.84. The zero-order valence-electron chi connectivity index (χ0n) is 15.4. The third kappa shape index (κ3) is 5.96. The van der Waals surface area contributed by atoms with Crippen molar-refractivity contribution in [1.29, 1.82) is 0 Å². The number of halogens is 1. The predicted molar refractivity (Wildman–Crippen MR) is 99.4 cm³/mol. The minimum atomic E-state index is -0.787. The summed E-state index contributed by atoms with van der Waals surface area (Å²) in [6.07, 6.45) is 0. The molecule has 2 aromatic rings. The van der Waals surface area contributed by atoms with E-state index in [0.29, 0.717) is 18.0 Å². The number of hydrogen-bond donors (Lipinski definition) is 2. The molecule has 0 fully saturated rings. The molecule has 0 aliphatic heterocycles. The van der Waals surface area contributed by atoms with Crippen molar-refractivity contribution in [1.82, 2.24) is 10.2 Å². The van der Waals surface area contributed by atoms with Crippen molar-refractivity contribution >= 4 is 17.6 Å². The SMILES string of the molecule is COc1ccc(CN(C)CC(=O)NC(=O)Nc2ccccc2F)cc1OC. The number of urea groups is 1. The van der Waals surface area contributed by atoms with Gasteiger partial charge < -0.3 is 14.8 Å². The first-order valence-corrected chi connectivity index (χ1v) is 8.17. The fourth-order valence-electron chi connectivity index (χ4n) is 2.47. The molecule has 8 heteroatoms. The van der Waals surface area contributed by atoms with Crippen molar-refractivity contribution in [3.63, 3.8) is 0 Å². The molecule has 0 unspecified atom stereocenters. The molecule has 0 saturated carbocycles. The van der Waals surface area contributed by atoms with Gasteiger partial charge in [-0.3, -0.25) is 15.0 Å². The van der Waals surface area contributed by atoms with Gasteiger partial charge in [0.15, 0.2) is 11.5 Å². The van der Waals surface area contributed by atoms with E-state index in [1.165, 1.54) is 18.2 Å². The van der Waals surface area contributed by atoms with E-state index in [1.54, 1.807) is 38.3 Å². The number of carbonyl (C=O) groups is 2. The number of nitrogens with zero attached hydrogens (tertiary/aromatic N) is 1. The van der Waals surface area contributed by atoms with Crippen LogP contribution in [-0.4, -0.2) is 44.7 Å². The Morgan fingerprint density at radius 2 is 1.78 bits per heavy atom. The van der Waals surface area contributed by atoms with E-state index in [0.717, 1.165) is 5.56 Å². The fraction of sp³-hybridized carbons (Fsp3) is 0.263. The number of carbonyl (C=O) groups excluding carboxylic acids is 2. The molecule has 0 heterocycles. The Morgan fingerprint density at radius 3 is 2.44 bits per heavy atom. The van der Waals surface area contributed by atoms with Crippen LogP contribution in [-0.2, 0) is 11.3 Å². The summed E-state index contributed by atoms with van der Waals surface area (Å²) in [5.41, 5.74) is 0.917. The van der Waals surface area contributed by atoms with Crippen LogP contribution in [0.15, 0.2) is 42.5 Å². The number of benzene rings is 2. The summed E-state index contributed by atoms with van der Waals surface area (Å²) in [6, 6.07) is 10.4. The van der Waals surface area contributed by atoms with Crippen molar-refractivity contribution in [3.05, 3.63) is 53.8 Å². The van der Waals surface area contributed by atoms with Crippen LogP contribution in [0.4, 0.5) is 14.9 Å². The average molecular weight is 375 g/mol. The Balaban J connectivity index is 1.86. The van der Waals surface area contributed by atoms with Crippen LogP contribution in [0, 0.1) is 5.82 Å². The van der Waals surface area contributed by atoms with E-state index >= 15 is 0 Å². The van der Waals surface area contributed by atoms with Gasteiger partial charge in [-0.05, 0) is 36.9 Å². The zero-order valence-corrected chi connectivity index (χ0v) is 15.4. The number of methoxy groups -OCH3 is 2. The molecular weight excluding hydrogens is 353 g/mol. The van der Waals surface area contributed by atoms with E-state index in [1.807, 2.05) is 12.1 Å². The smallest absolute Gasteiger partial charge is 0.326 e. The lowest BCUT2D eigenvalue weighted by Gasteiger charge is -2.17. The van der Waals surface area contributed by atoms with Crippen molar-refractivity contribution in [2.45, 2.75) is 6.54 Å². The van der Waals surface area contributed by atoms with Crippen LogP contribution >= 0.6 is 0 Å². The predicted octanol–water partition coefficient (Wildman–Crippen LogP) is 2.62. The van der Waals surface area contributed by atoms with Crippen LogP contribution in [0.25, 0.3) is 0 Å². The van der Waals surface area contributed by atoms with Gasteiger partial charge in [-0.15, -0.1) is 0 Å². The molecule has 144 valence electrons. The number of ether oxygens (including phenoxy) is 2. The first kappa shape index (κ1) is 20.2. The highest BCUT2D eigenvalue weighted by molar-refractivity contribution is 6.01. The average Bonchev–Trinajstić information content (AvgIpc) is 2.63. The standard InChI is InChI=1S/C19H22FN3O4/c1-23(11-13-8-9-16(26-2)17(10-13)27-3)12-18(24)22-19(25)21-15-7-5-4-6-14(15)20/h4-10H,11-12H2,1-3H3,(H2,21,22,24,25). The van der Waals surface area contributed by atoms with E-state index in [2.05, 4.69) is 10.6 Å². The van der Waals surface area contributed by atoms with Crippen molar-refractivity contribution in [2.75, 3.05) is 33.1 Å². The maximum Gasteiger partial charge on any atom is 0.326 e. The van der Waals surface area contributed by atoms with Gasteiger partial charge in [0, 0.05) is 6.54 Å². The summed E-state index contributed by atoms with van der Waals surface area (Å²) >= 11 is 0. The minimum Gasteiger partial charge on any atom is -0.493 e. The normalized spacial score (nSPS) is 10.4. The third-order valence-corrected chi connectivity index (χ3v) is 3.69. The summed E-state index contributed by atoms with van der Waals surface area (Å²) in [5, 5.41) is 4.47. The summed E-state index contributed by atoms with van der Waals surface area (Å²) in [6.45, 7) is 0.446. The lowest BCUT2D eigenvalue weighted by atomic mass is 10.2. The number of likely N-dealkylation sites (N-methyl/N-ethyl adjacent to an activating group) is 1. The zero-order chi connectivity index (χ0) is 19.8. The topological polar surface area (TPSA) is 79.9 Å². The van der Waals surface area contributed by atoms with Crippen LogP contribution in [0.2, 0.25) is 0 Å². The van der Waals surface area contributed by atoms with Gasteiger partial charge in [0.2, 0.25) is 5.91 Å². The Hall–Kier alpha value is -3.13. The molecule has 2 N–H and O–H groups in total. The molecule has 27 heavy (non-hydrogen) atoms.